The average molecular weight is 306 g/mol. The number of nitrogens with one attached hydrogen (secondary N) is 1. The summed E-state index contributed by atoms with van der Waals surface area (Å²) in [6.45, 7) is 0. The summed E-state index contributed by atoms with van der Waals surface area (Å²) in [5, 5.41) is 7.02. The van der Waals surface area contributed by atoms with Crippen molar-refractivity contribution in [2.75, 3.05) is 0 Å². The molecule has 0 fully saturated rings. The van der Waals surface area contributed by atoms with Crippen LogP contribution >= 0.6 is 0 Å². The third-order valence-corrected chi connectivity index (χ3v) is 3.68. The molecule has 1 aromatic heterocycles. The van der Waals surface area contributed by atoms with E-state index >= 15 is 0 Å². The summed E-state index contributed by atoms with van der Waals surface area (Å²) in [6, 6.07) is 6.69. The number of alkyl halides is 3. The number of ketones is 1. The molecule has 3 nitrogen and oxygen atoms in total. The van der Waals surface area contributed by atoms with Crippen molar-refractivity contribution >= 4 is 11.4 Å². The first kappa shape index (κ1) is 14.6. The van der Waals surface area contributed by atoms with Crippen LogP contribution in [-0.4, -0.2) is 16.0 Å². The maximum atomic E-state index is 12.5. The predicted molar refractivity (Wildman–Crippen MR) is 75.9 cm³/mol. The topological polar surface area (TPSA) is 45.8 Å². The molecule has 0 amide bonds. The minimum absolute atomic E-state index is 0.214. The summed E-state index contributed by atoms with van der Waals surface area (Å²) in [5.74, 6) is 0.214. The number of carbonyl (C=O) groups is 1. The Kier molecular flexibility index (Phi) is 3.60. The monoisotopic (exact) mass is 306 g/mol. The Balaban J connectivity index is 1.83. The maximum absolute atomic E-state index is 12.5. The fraction of sp³-hybridized carbons (Fsp3) is 0.250. The van der Waals surface area contributed by atoms with E-state index in [0.717, 1.165) is 23.4 Å². The number of aromatic amines is 1. The van der Waals surface area contributed by atoms with Crippen molar-refractivity contribution in [2.45, 2.75) is 25.4 Å². The van der Waals surface area contributed by atoms with Gasteiger partial charge in [-0.25, -0.2) is 0 Å². The van der Waals surface area contributed by atoms with Crippen LogP contribution < -0.4 is 0 Å². The highest BCUT2D eigenvalue weighted by molar-refractivity contribution is 5.86. The van der Waals surface area contributed by atoms with E-state index in [4.69, 9.17) is 0 Å². The molecule has 0 atom stereocenters. The third-order valence-electron chi connectivity index (χ3n) is 3.68. The number of rotatable bonds is 2. The highest BCUT2D eigenvalue weighted by Crippen LogP contribution is 2.31. The molecule has 1 aromatic carbocycles. The van der Waals surface area contributed by atoms with E-state index in [1.807, 2.05) is 6.08 Å². The summed E-state index contributed by atoms with van der Waals surface area (Å²) in [4.78, 5) is 11.2. The average Bonchev–Trinajstić information content (AvgIpc) is 2.97. The quantitative estimate of drug-likeness (QED) is 0.902. The Morgan fingerprint density at radius 3 is 2.41 bits per heavy atom. The lowest BCUT2D eigenvalue weighted by atomic mass is 9.96. The molecule has 1 aliphatic rings. The second kappa shape index (κ2) is 5.44. The third kappa shape index (κ3) is 2.95. The Bertz CT molecular complexity index is 727. The van der Waals surface area contributed by atoms with E-state index in [0.29, 0.717) is 30.5 Å². The number of Topliss-reactive ketones (excluding diaryl/α,β-unsaturated/α-hetero) is 1. The van der Waals surface area contributed by atoms with Gasteiger partial charge in [-0.05, 0) is 30.2 Å². The summed E-state index contributed by atoms with van der Waals surface area (Å²) < 4.78 is 37.6. The van der Waals surface area contributed by atoms with Gasteiger partial charge in [-0.15, -0.1) is 0 Å². The van der Waals surface area contributed by atoms with Crippen molar-refractivity contribution < 1.29 is 18.0 Å². The van der Waals surface area contributed by atoms with Crippen LogP contribution in [0.1, 0.15) is 30.5 Å². The SMILES string of the molecule is O=C1CC=C(c2cc(-c3ccc(C(F)(F)F)cc3)n[nH]2)CC1. The predicted octanol–water partition coefficient (Wildman–Crippen LogP) is 4.23. The first-order chi connectivity index (χ1) is 10.4. The number of hydrogen-bond donors (Lipinski definition) is 1. The Labute approximate surface area is 124 Å². The van der Waals surface area contributed by atoms with Gasteiger partial charge >= 0.3 is 6.18 Å². The van der Waals surface area contributed by atoms with Crippen molar-refractivity contribution in [3.05, 3.63) is 47.7 Å². The Morgan fingerprint density at radius 1 is 1.09 bits per heavy atom. The Morgan fingerprint density at radius 2 is 1.82 bits per heavy atom. The van der Waals surface area contributed by atoms with Gasteiger partial charge in [0.05, 0.1) is 17.0 Å². The zero-order chi connectivity index (χ0) is 15.7. The van der Waals surface area contributed by atoms with E-state index in [1.165, 1.54) is 12.1 Å². The van der Waals surface area contributed by atoms with Crippen LogP contribution in [0.4, 0.5) is 13.2 Å². The van der Waals surface area contributed by atoms with Crippen LogP contribution in [0.2, 0.25) is 0 Å². The van der Waals surface area contributed by atoms with Crippen molar-refractivity contribution in [2.24, 2.45) is 0 Å². The number of hydrogen-bond acceptors (Lipinski definition) is 2. The minimum Gasteiger partial charge on any atom is -0.299 e. The van der Waals surface area contributed by atoms with Gasteiger partial charge in [0.2, 0.25) is 0 Å². The van der Waals surface area contributed by atoms with E-state index in [9.17, 15) is 18.0 Å². The van der Waals surface area contributed by atoms with Crippen molar-refractivity contribution in [3.63, 3.8) is 0 Å². The van der Waals surface area contributed by atoms with Crippen molar-refractivity contribution in [1.82, 2.24) is 10.2 Å². The number of aromatic nitrogens is 2. The molecule has 114 valence electrons. The molecule has 0 saturated heterocycles. The molecule has 0 unspecified atom stereocenters. The van der Waals surface area contributed by atoms with Gasteiger partial charge in [0.1, 0.15) is 5.78 Å². The fourth-order valence-corrected chi connectivity index (χ4v) is 2.42. The van der Waals surface area contributed by atoms with Crippen LogP contribution in [0.5, 0.6) is 0 Å². The standard InChI is InChI=1S/C16H13F3N2O/c17-16(18,19)12-5-1-10(2-6-12)14-9-15(21-20-14)11-3-7-13(22)8-4-11/h1-3,5-6,9H,4,7-8H2,(H,20,21). The normalized spacial score (nSPS) is 15.8. The van der Waals surface area contributed by atoms with Gasteiger partial charge in [-0.3, -0.25) is 9.89 Å². The number of benzene rings is 1. The second-order valence-corrected chi connectivity index (χ2v) is 5.21. The zero-order valence-electron chi connectivity index (χ0n) is 11.6. The first-order valence-corrected chi connectivity index (χ1v) is 6.87. The molecule has 2 aromatic rings. The molecule has 6 heteroatoms. The molecule has 1 N–H and O–H groups in total. The van der Waals surface area contributed by atoms with E-state index < -0.39 is 11.7 Å². The minimum atomic E-state index is -4.34. The smallest absolute Gasteiger partial charge is 0.299 e. The van der Waals surface area contributed by atoms with Crippen LogP contribution in [0.3, 0.4) is 0 Å². The number of halogens is 3. The summed E-state index contributed by atoms with van der Waals surface area (Å²) in [7, 11) is 0. The van der Waals surface area contributed by atoms with Crippen LogP contribution in [-0.2, 0) is 11.0 Å². The summed E-state index contributed by atoms with van der Waals surface area (Å²) >= 11 is 0. The lowest BCUT2D eigenvalue weighted by molar-refractivity contribution is -0.137. The van der Waals surface area contributed by atoms with Crippen LogP contribution in [0.15, 0.2) is 36.4 Å². The van der Waals surface area contributed by atoms with Gasteiger partial charge in [-0.1, -0.05) is 18.2 Å². The molecule has 1 heterocycles. The number of carbonyl (C=O) groups excluding carboxylic acids is 1. The molecule has 0 saturated carbocycles. The highest BCUT2D eigenvalue weighted by Gasteiger charge is 2.30. The van der Waals surface area contributed by atoms with Crippen molar-refractivity contribution in [1.29, 1.82) is 0 Å². The highest BCUT2D eigenvalue weighted by atomic mass is 19.4. The molecule has 0 bridgehead atoms. The molecule has 0 aliphatic heterocycles. The van der Waals surface area contributed by atoms with Gasteiger partial charge in [0.15, 0.2) is 0 Å². The maximum Gasteiger partial charge on any atom is 0.416 e. The van der Waals surface area contributed by atoms with Gasteiger partial charge in [0.25, 0.3) is 0 Å². The summed E-state index contributed by atoms with van der Waals surface area (Å²) in [6.07, 6.45) is -0.873. The molecule has 1 aliphatic carbocycles. The molecular weight excluding hydrogens is 293 g/mol. The Hall–Kier alpha value is -2.37. The summed E-state index contributed by atoms with van der Waals surface area (Å²) in [5.41, 5.74) is 2.35. The second-order valence-electron chi connectivity index (χ2n) is 5.21. The van der Waals surface area contributed by atoms with Crippen LogP contribution in [0, 0.1) is 0 Å². The largest absolute Gasteiger partial charge is 0.416 e. The van der Waals surface area contributed by atoms with E-state index in [-0.39, 0.29) is 5.78 Å². The van der Waals surface area contributed by atoms with E-state index in [2.05, 4.69) is 10.2 Å². The molecular formula is C16H13F3N2O. The number of H-pyrrole nitrogens is 1. The van der Waals surface area contributed by atoms with Gasteiger partial charge in [0, 0.05) is 18.4 Å². The van der Waals surface area contributed by atoms with E-state index in [1.54, 1.807) is 6.07 Å². The lowest BCUT2D eigenvalue weighted by Gasteiger charge is -2.09. The number of nitrogens with zero attached hydrogens (tertiary/aromatic N) is 1. The molecule has 0 spiro atoms. The lowest BCUT2D eigenvalue weighted by Crippen LogP contribution is -2.03. The molecule has 0 radical (unpaired) electrons. The van der Waals surface area contributed by atoms with Crippen LogP contribution in [0.25, 0.3) is 16.8 Å². The van der Waals surface area contributed by atoms with Gasteiger partial charge in [-0.2, -0.15) is 18.3 Å². The van der Waals surface area contributed by atoms with Crippen molar-refractivity contribution in [3.8, 4) is 11.3 Å². The van der Waals surface area contributed by atoms with Gasteiger partial charge < -0.3 is 0 Å². The number of allylic oxidation sites excluding steroid dienone is 2. The molecule has 3 rings (SSSR count). The molecule has 22 heavy (non-hydrogen) atoms. The fourth-order valence-electron chi connectivity index (χ4n) is 2.42. The zero-order valence-corrected chi connectivity index (χ0v) is 11.6. The first-order valence-electron chi connectivity index (χ1n) is 6.87.